The van der Waals surface area contributed by atoms with Gasteiger partial charge in [0.25, 0.3) is 0 Å². The van der Waals surface area contributed by atoms with Crippen LogP contribution in [-0.4, -0.2) is 25.4 Å². The Hall–Kier alpha value is -0.900. The smallest absolute Gasteiger partial charge is 0.221 e. The molecule has 0 aliphatic heterocycles. The van der Waals surface area contributed by atoms with Gasteiger partial charge in [-0.3, -0.25) is 0 Å². The van der Waals surface area contributed by atoms with Gasteiger partial charge in [-0.2, -0.15) is 0 Å². The number of hydrogen-bond acceptors (Lipinski definition) is 3. The fourth-order valence-corrected chi connectivity index (χ4v) is 1.69. The Balaban J connectivity index is 3.14. The largest absolute Gasteiger partial charge is 0.387 e. The third kappa shape index (κ3) is 2.20. The van der Waals surface area contributed by atoms with E-state index in [0.717, 1.165) is 11.1 Å². The molecule has 1 aromatic rings. The van der Waals surface area contributed by atoms with Gasteiger partial charge in [-0.1, -0.05) is 29.8 Å². The van der Waals surface area contributed by atoms with Gasteiger partial charge in [0.05, 0.1) is 0 Å². The van der Waals surface area contributed by atoms with E-state index in [-0.39, 0.29) is 0 Å². The van der Waals surface area contributed by atoms with Gasteiger partial charge >= 0.3 is 0 Å². The molecule has 84 valence electrons. The lowest BCUT2D eigenvalue weighted by Gasteiger charge is -2.33. The van der Waals surface area contributed by atoms with E-state index in [1.165, 1.54) is 14.2 Å². The molecule has 3 heteroatoms. The van der Waals surface area contributed by atoms with Crippen molar-refractivity contribution in [2.45, 2.75) is 25.7 Å². The van der Waals surface area contributed by atoms with Crippen LogP contribution in [0, 0.1) is 6.92 Å². The molecule has 0 heterocycles. The molecule has 0 bridgehead atoms. The Morgan fingerprint density at radius 2 is 1.60 bits per heavy atom. The van der Waals surface area contributed by atoms with E-state index in [1.54, 1.807) is 6.92 Å². The summed E-state index contributed by atoms with van der Waals surface area (Å²) in [7, 11) is 3.05. The lowest BCUT2D eigenvalue weighted by Crippen LogP contribution is -2.41. The van der Waals surface area contributed by atoms with Crippen LogP contribution >= 0.6 is 0 Å². The Bertz CT molecular complexity index is 299. The number of benzene rings is 1. The van der Waals surface area contributed by atoms with Crippen LogP contribution in [0.25, 0.3) is 0 Å². The molecule has 0 saturated carbocycles. The van der Waals surface area contributed by atoms with Crippen molar-refractivity contribution in [3.8, 4) is 0 Å². The number of aliphatic hydroxyl groups excluding tert-OH is 1. The second-order valence-electron chi connectivity index (χ2n) is 3.62. The summed E-state index contributed by atoms with van der Waals surface area (Å²) in [5.74, 6) is -1.08. The fraction of sp³-hybridized carbons (Fsp3) is 0.500. The first-order chi connectivity index (χ1) is 7.06. The third-order valence-corrected chi connectivity index (χ3v) is 2.61. The second-order valence-corrected chi connectivity index (χ2v) is 3.62. The third-order valence-electron chi connectivity index (χ3n) is 2.61. The molecule has 0 aliphatic carbocycles. The Kier molecular flexibility index (Phi) is 3.85. The minimum absolute atomic E-state index is 0.741. The van der Waals surface area contributed by atoms with Crippen molar-refractivity contribution in [2.75, 3.05) is 14.2 Å². The van der Waals surface area contributed by atoms with Crippen molar-refractivity contribution in [3.05, 3.63) is 35.4 Å². The van der Waals surface area contributed by atoms with E-state index >= 15 is 0 Å². The second kappa shape index (κ2) is 4.75. The van der Waals surface area contributed by atoms with Crippen LogP contribution in [0.1, 0.15) is 18.1 Å². The number of aryl methyl sites for hydroxylation is 1. The summed E-state index contributed by atoms with van der Waals surface area (Å²) in [5.41, 5.74) is 1.97. The van der Waals surface area contributed by atoms with Crippen LogP contribution in [-0.2, 0) is 15.3 Å². The zero-order valence-corrected chi connectivity index (χ0v) is 9.65. The molecule has 0 fully saturated rings. The number of hydrogen-bond donors (Lipinski definition) is 1. The van der Waals surface area contributed by atoms with Gasteiger partial charge in [0.15, 0.2) is 0 Å². The Labute approximate surface area is 90.6 Å². The van der Waals surface area contributed by atoms with Gasteiger partial charge in [0, 0.05) is 19.8 Å². The van der Waals surface area contributed by atoms with Gasteiger partial charge in [-0.15, -0.1) is 0 Å². The number of rotatable bonds is 4. The molecule has 1 aromatic carbocycles. The van der Waals surface area contributed by atoms with E-state index in [2.05, 4.69) is 0 Å². The summed E-state index contributed by atoms with van der Waals surface area (Å²) in [6.07, 6.45) is -0.741. The molecular formula is C12H18O3. The van der Waals surface area contributed by atoms with E-state index < -0.39 is 11.9 Å². The molecule has 0 radical (unpaired) electrons. The van der Waals surface area contributed by atoms with Crippen molar-refractivity contribution < 1.29 is 14.6 Å². The highest BCUT2D eigenvalue weighted by atomic mass is 16.7. The first kappa shape index (κ1) is 12.2. The van der Waals surface area contributed by atoms with Crippen molar-refractivity contribution in [3.63, 3.8) is 0 Å². The SMILES string of the molecule is COC(OC)(c1ccc(C)cc1)C(C)O. The van der Waals surface area contributed by atoms with Crippen LogP contribution in [0.15, 0.2) is 24.3 Å². The number of ether oxygens (including phenoxy) is 2. The first-order valence-corrected chi connectivity index (χ1v) is 4.92. The minimum Gasteiger partial charge on any atom is -0.387 e. The van der Waals surface area contributed by atoms with Crippen molar-refractivity contribution in [1.29, 1.82) is 0 Å². The average Bonchev–Trinajstić information content (AvgIpc) is 2.22. The van der Waals surface area contributed by atoms with Crippen molar-refractivity contribution in [1.82, 2.24) is 0 Å². The monoisotopic (exact) mass is 210 g/mol. The van der Waals surface area contributed by atoms with Crippen LogP contribution in [0.4, 0.5) is 0 Å². The zero-order valence-electron chi connectivity index (χ0n) is 9.65. The first-order valence-electron chi connectivity index (χ1n) is 4.92. The van der Waals surface area contributed by atoms with Gasteiger partial charge < -0.3 is 14.6 Å². The summed E-state index contributed by atoms with van der Waals surface area (Å²) in [6, 6.07) is 7.72. The molecular weight excluding hydrogens is 192 g/mol. The predicted octanol–water partition coefficient (Wildman–Crippen LogP) is 1.82. The quantitative estimate of drug-likeness (QED) is 0.770. The molecule has 1 N–H and O–H groups in total. The maximum atomic E-state index is 9.74. The van der Waals surface area contributed by atoms with Crippen LogP contribution in [0.5, 0.6) is 0 Å². The van der Waals surface area contributed by atoms with Crippen molar-refractivity contribution in [2.24, 2.45) is 0 Å². The summed E-state index contributed by atoms with van der Waals surface area (Å²) in [4.78, 5) is 0. The Morgan fingerprint density at radius 1 is 1.13 bits per heavy atom. The van der Waals surface area contributed by atoms with Crippen LogP contribution < -0.4 is 0 Å². The van der Waals surface area contributed by atoms with Gasteiger partial charge in [0.1, 0.15) is 6.10 Å². The molecule has 15 heavy (non-hydrogen) atoms. The fourth-order valence-electron chi connectivity index (χ4n) is 1.69. The summed E-state index contributed by atoms with van der Waals surface area (Å²) in [6.45, 7) is 3.65. The molecule has 0 spiro atoms. The van der Waals surface area contributed by atoms with Gasteiger partial charge in [-0.25, -0.2) is 0 Å². The summed E-state index contributed by atoms with van der Waals surface area (Å²) in [5, 5.41) is 9.74. The van der Waals surface area contributed by atoms with Gasteiger partial charge in [-0.05, 0) is 13.8 Å². The summed E-state index contributed by atoms with van der Waals surface area (Å²) < 4.78 is 10.6. The van der Waals surface area contributed by atoms with E-state index in [0.29, 0.717) is 0 Å². The van der Waals surface area contributed by atoms with E-state index in [4.69, 9.17) is 9.47 Å². The topological polar surface area (TPSA) is 38.7 Å². The highest BCUT2D eigenvalue weighted by Crippen LogP contribution is 2.29. The minimum atomic E-state index is -1.08. The molecule has 0 saturated heterocycles. The average molecular weight is 210 g/mol. The standard InChI is InChI=1S/C12H18O3/c1-9-5-7-11(8-6-9)12(14-3,15-4)10(2)13/h5-8,10,13H,1-4H3. The molecule has 3 nitrogen and oxygen atoms in total. The Morgan fingerprint density at radius 3 is 1.93 bits per heavy atom. The maximum absolute atomic E-state index is 9.74. The normalized spacial score (nSPS) is 13.9. The van der Waals surface area contributed by atoms with E-state index in [9.17, 15) is 5.11 Å². The number of aliphatic hydroxyl groups is 1. The lowest BCUT2D eigenvalue weighted by atomic mass is 9.99. The predicted molar refractivity (Wildman–Crippen MR) is 58.6 cm³/mol. The van der Waals surface area contributed by atoms with Gasteiger partial charge in [0.2, 0.25) is 5.79 Å². The highest BCUT2D eigenvalue weighted by Gasteiger charge is 2.37. The molecule has 0 aliphatic rings. The molecule has 0 aromatic heterocycles. The number of methoxy groups -OCH3 is 2. The van der Waals surface area contributed by atoms with Crippen LogP contribution in [0.3, 0.4) is 0 Å². The highest BCUT2D eigenvalue weighted by molar-refractivity contribution is 5.26. The van der Waals surface area contributed by atoms with Crippen molar-refractivity contribution >= 4 is 0 Å². The molecule has 1 rings (SSSR count). The maximum Gasteiger partial charge on any atom is 0.221 e. The summed E-state index contributed by atoms with van der Waals surface area (Å²) >= 11 is 0. The van der Waals surface area contributed by atoms with Crippen LogP contribution in [0.2, 0.25) is 0 Å². The molecule has 1 unspecified atom stereocenters. The molecule has 0 amide bonds. The molecule has 1 atom stereocenters. The lowest BCUT2D eigenvalue weighted by molar-refractivity contribution is -0.264. The zero-order chi connectivity index (χ0) is 11.5. The van der Waals surface area contributed by atoms with E-state index in [1.807, 2.05) is 31.2 Å².